The Hall–Kier alpha value is -1.49. The Bertz CT molecular complexity index is 465. The number of carbonyl (C=O) groups is 1. The van der Waals surface area contributed by atoms with Crippen molar-refractivity contribution >= 4 is 5.91 Å². The molecule has 1 aromatic carbocycles. The Morgan fingerprint density at radius 2 is 1.75 bits per heavy atom. The van der Waals surface area contributed by atoms with E-state index in [2.05, 4.69) is 5.32 Å². The highest BCUT2D eigenvalue weighted by atomic mass is 19.1. The quantitative estimate of drug-likeness (QED) is 0.892. The van der Waals surface area contributed by atoms with Crippen molar-refractivity contribution < 1.29 is 18.7 Å². The van der Waals surface area contributed by atoms with Gasteiger partial charge in [-0.25, -0.2) is 8.78 Å². The van der Waals surface area contributed by atoms with E-state index >= 15 is 0 Å². The summed E-state index contributed by atoms with van der Waals surface area (Å²) in [6.45, 7) is 0.352. The van der Waals surface area contributed by atoms with Crippen molar-refractivity contribution in [1.29, 1.82) is 0 Å². The highest BCUT2D eigenvalue weighted by Gasteiger charge is 2.31. The van der Waals surface area contributed by atoms with E-state index in [1.54, 1.807) is 0 Å². The normalized spacial score (nSPS) is 17.8. The average Bonchev–Trinajstić information content (AvgIpc) is 2.45. The molecule has 1 aromatic rings. The first-order valence-electron chi connectivity index (χ1n) is 6.90. The summed E-state index contributed by atoms with van der Waals surface area (Å²) >= 11 is 0. The van der Waals surface area contributed by atoms with E-state index < -0.39 is 17.5 Å². The van der Waals surface area contributed by atoms with E-state index in [9.17, 15) is 18.7 Å². The summed E-state index contributed by atoms with van der Waals surface area (Å²) in [4.78, 5) is 11.9. The second-order valence-electron chi connectivity index (χ2n) is 5.56. The first-order chi connectivity index (χ1) is 9.54. The van der Waals surface area contributed by atoms with E-state index in [1.165, 1.54) is 0 Å². The third-order valence-electron chi connectivity index (χ3n) is 4.00. The number of hydrogen-bond acceptors (Lipinski definition) is 2. The van der Waals surface area contributed by atoms with E-state index in [0.29, 0.717) is 6.54 Å². The Morgan fingerprint density at radius 1 is 1.15 bits per heavy atom. The largest absolute Gasteiger partial charge is 0.396 e. The van der Waals surface area contributed by atoms with Gasteiger partial charge in [0.15, 0.2) is 0 Å². The monoisotopic (exact) mass is 283 g/mol. The Labute approximate surface area is 117 Å². The third-order valence-corrected chi connectivity index (χ3v) is 4.00. The lowest BCUT2D eigenvalue weighted by Crippen LogP contribution is -2.41. The van der Waals surface area contributed by atoms with E-state index in [-0.39, 0.29) is 17.6 Å². The van der Waals surface area contributed by atoms with Gasteiger partial charge in [0.2, 0.25) is 0 Å². The molecule has 110 valence electrons. The van der Waals surface area contributed by atoms with Crippen LogP contribution < -0.4 is 5.32 Å². The molecule has 3 nitrogen and oxygen atoms in total. The van der Waals surface area contributed by atoms with Crippen LogP contribution in [-0.4, -0.2) is 24.2 Å². The number of aliphatic hydroxyl groups is 1. The SMILES string of the molecule is O=C(NCC1(CO)CCCCC1)c1cc(F)cc(F)c1. The predicted octanol–water partition coefficient (Wildman–Crippen LogP) is 2.64. The van der Waals surface area contributed by atoms with Gasteiger partial charge in [-0.1, -0.05) is 19.3 Å². The smallest absolute Gasteiger partial charge is 0.251 e. The molecule has 1 amide bonds. The van der Waals surface area contributed by atoms with Crippen LogP contribution in [0, 0.1) is 17.0 Å². The molecule has 0 aliphatic heterocycles. The van der Waals surface area contributed by atoms with Crippen LogP contribution in [0.15, 0.2) is 18.2 Å². The van der Waals surface area contributed by atoms with Gasteiger partial charge < -0.3 is 10.4 Å². The fourth-order valence-corrected chi connectivity index (χ4v) is 2.75. The van der Waals surface area contributed by atoms with Crippen LogP contribution in [-0.2, 0) is 0 Å². The lowest BCUT2D eigenvalue weighted by molar-refractivity contribution is 0.0717. The highest BCUT2D eigenvalue weighted by Crippen LogP contribution is 2.35. The molecule has 0 radical (unpaired) electrons. The number of amides is 1. The Morgan fingerprint density at radius 3 is 2.30 bits per heavy atom. The maximum absolute atomic E-state index is 13.1. The molecule has 0 aromatic heterocycles. The fraction of sp³-hybridized carbons (Fsp3) is 0.533. The van der Waals surface area contributed by atoms with Crippen molar-refractivity contribution in [2.45, 2.75) is 32.1 Å². The maximum atomic E-state index is 13.1. The molecule has 2 N–H and O–H groups in total. The number of hydrogen-bond donors (Lipinski definition) is 2. The summed E-state index contributed by atoms with van der Waals surface area (Å²) in [5, 5.41) is 12.2. The van der Waals surface area contributed by atoms with Crippen molar-refractivity contribution in [3.05, 3.63) is 35.4 Å². The summed E-state index contributed by atoms with van der Waals surface area (Å²) in [5.41, 5.74) is -0.328. The van der Waals surface area contributed by atoms with Gasteiger partial charge in [-0.3, -0.25) is 4.79 Å². The van der Waals surface area contributed by atoms with Crippen LogP contribution >= 0.6 is 0 Å². The number of aliphatic hydroxyl groups excluding tert-OH is 1. The van der Waals surface area contributed by atoms with Crippen LogP contribution in [0.2, 0.25) is 0 Å². The molecule has 2 rings (SSSR count). The molecule has 0 atom stereocenters. The number of carbonyl (C=O) groups excluding carboxylic acids is 1. The molecule has 20 heavy (non-hydrogen) atoms. The number of rotatable bonds is 4. The summed E-state index contributed by atoms with van der Waals surface area (Å²) in [6, 6.07) is 2.74. The van der Waals surface area contributed by atoms with Crippen LogP contribution in [0.5, 0.6) is 0 Å². The molecule has 0 unspecified atom stereocenters. The molecule has 1 saturated carbocycles. The van der Waals surface area contributed by atoms with Crippen molar-refractivity contribution in [2.75, 3.05) is 13.2 Å². The molecule has 5 heteroatoms. The van der Waals surface area contributed by atoms with E-state index in [1.807, 2.05) is 0 Å². The van der Waals surface area contributed by atoms with Gasteiger partial charge in [0.25, 0.3) is 5.91 Å². The summed E-state index contributed by atoms with van der Waals surface area (Å²) < 4.78 is 26.1. The van der Waals surface area contributed by atoms with Crippen molar-refractivity contribution in [3.63, 3.8) is 0 Å². The van der Waals surface area contributed by atoms with Crippen LogP contribution in [0.25, 0.3) is 0 Å². The highest BCUT2D eigenvalue weighted by molar-refractivity contribution is 5.94. The molecule has 1 aliphatic rings. The molecule has 1 fully saturated rings. The molecular formula is C15H19F2NO2. The predicted molar refractivity (Wildman–Crippen MR) is 71.3 cm³/mol. The Balaban J connectivity index is 2.00. The zero-order chi connectivity index (χ0) is 14.6. The van der Waals surface area contributed by atoms with Gasteiger partial charge >= 0.3 is 0 Å². The molecule has 1 aliphatic carbocycles. The minimum atomic E-state index is -0.773. The number of benzene rings is 1. The lowest BCUT2D eigenvalue weighted by atomic mass is 9.74. The maximum Gasteiger partial charge on any atom is 0.251 e. The first-order valence-corrected chi connectivity index (χ1v) is 6.90. The van der Waals surface area contributed by atoms with Gasteiger partial charge in [-0.15, -0.1) is 0 Å². The third kappa shape index (κ3) is 3.54. The van der Waals surface area contributed by atoms with Crippen LogP contribution in [0.1, 0.15) is 42.5 Å². The van der Waals surface area contributed by atoms with Gasteiger partial charge in [0.05, 0.1) is 6.61 Å². The Kier molecular flexibility index (Phi) is 4.70. The summed E-state index contributed by atoms with van der Waals surface area (Å²) in [5.74, 6) is -2.06. The zero-order valence-electron chi connectivity index (χ0n) is 11.3. The van der Waals surface area contributed by atoms with Crippen molar-refractivity contribution in [3.8, 4) is 0 Å². The standard InChI is InChI=1S/C15H19F2NO2/c16-12-6-11(7-13(17)8-12)14(20)18-9-15(10-19)4-2-1-3-5-15/h6-8,19H,1-5,9-10H2,(H,18,20). The minimum absolute atomic E-state index is 0.0186. The average molecular weight is 283 g/mol. The fourth-order valence-electron chi connectivity index (χ4n) is 2.75. The molecule has 0 heterocycles. The lowest BCUT2D eigenvalue weighted by Gasteiger charge is -2.35. The first kappa shape index (κ1) is 14.9. The van der Waals surface area contributed by atoms with Gasteiger partial charge in [-0.2, -0.15) is 0 Å². The van der Waals surface area contributed by atoms with Crippen LogP contribution in [0.4, 0.5) is 8.78 Å². The second kappa shape index (κ2) is 6.31. The second-order valence-corrected chi connectivity index (χ2v) is 5.56. The zero-order valence-corrected chi connectivity index (χ0v) is 11.3. The summed E-state index contributed by atoms with van der Waals surface area (Å²) in [7, 11) is 0. The van der Waals surface area contributed by atoms with Gasteiger partial charge in [0.1, 0.15) is 11.6 Å². The molecule has 0 saturated heterocycles. The van der Waals surface area contributed by atoms with Crippen molar-refractivity contribution in [1.82, 2.24) is 5.32 Å². The molecule has 0 spiro atoms. The molecule has 0 bridgehead atoms. The van der Waals surface area contributed by atoms with Gasteiger partial charge in [-0.05, 0) is 25.0 Å². The van der Waals surface area contributed by atoms with E-state index in [0.717, 1.165) is 50.3 Å². The topological polar surface area (TPSA) is 49.3 Å². The minimum Gasteiger partial charge on any atom is -0.396 e. The molecular weight excluding hydrogens is 264 g/mol. The number of halogens is 2. The number of nitrogens with one attached hydrogen (secondary N) is 1. The van der Waals surface area contributed by atoms with Gasteiger partial charge in [0, 0.05) is 23.6 Å². The van der Waals surface area contributed by atoms with Crippen molar-refractivity contribution in [2.24, 2.45) is 5.41 Å². The summed E-state index contributed by atoms with van der Waals surface area (Å²) in [6.07, 6.45) is 4.93. The van der Waals surface area contributed by atoms with E-state index in [4.69, 9.17) is 0 Å². The van der Waals surface area contributed by atoms with Crippen LogP contribution in [0.3, 0.4) is 0 Å².